The molecule has 0 bridgehead atoms. The number of rotatable bonds is 13. The highest BCUT2D eigenvalue weighted by Gasteiger charge is 2.34. The largest absolute Gasteiger partial charge is 0.355 e. The van der Waals surface area contributed by atoms with Crippen molar-refractivity contribution in [2.75, 3.05) is 25.4 Å². The average Bonchev–Trinajstić information content (AvgIpc) is 3.53. The molecule has 47 heavy (non-hydrogen) atoms. The first-order chi connectivity index (χ1) is 22.4. The Kier molecular flexibility index (Phi) is 14.7. The van der Waals surface area contributed by atoms with Gasteiger partial charge in [-0.05, 0) is 32.8 Å². The fourth-order valence-corrected chi connectivity index (χ4v) is 5.40. The number of nitrogens with one attached hydrogen (secondary N) is 2. The molecular weight excluding hydrogens is 638 g/mol. The molecule has 0 spiro atoms. The van der Waals surface area contributed by atoms with Crippen LogP contribution in [0.2, 0.25) is 0 Å². The van der Waals surface area contributed by atoms with Crippen molar-refractivity contribution in [1.82, 2.24) is 35.6 Å². The van der Waals surface area contributed by atoms with Crippen molar-refractivity contribution in [3.63, 3.8) is 0 Å². The van der Waals surface area contributed by atoms with Crippen LogP contribution < -0.4 is 10.6 Å². The van der Waals surface area contributed by atoms with Crippen molar-refractivity contribution in [2.45, 2.75) is 88.9 Å². The standard InChI is InChI=1S/C16H25N3O5.C13H14N4O5S/c1-11-4-3-5-12(2)18(11)10-13(20)17-9-8-16(23)24-19-14(21)6-7-15(19)22;18-9(8-23-13-15-5-1-6-16-13)14-7-4-12(21)22-17-10(19)2-3-11(17)20/h11-12H,3-10H2,1-2H3,(H,17,20);1,5-6H,2-4,7-8H2,(H,14,18). The Morgan fingerprint density at radius 3 is 1.68 bits per heavy atom. The van der Waals surface area contributed by atoms with E-state index in [9.17, 15) is 38.4 Å². The number of carbonyl (C=O) groups excluding carboxylic acids is 8. The minimum atomic E-state index is -0.757. The number of piperidine rings is 1. The molecule has 4 heterocycles. The highest BCUT2D eigenvalue weighted by Crippen LogP contribution is 2.21. The normalized spacial score (nSPS) is 19.6. The maximum absolute atomic E-state index is 12.0. The Hall–Kier alpha value is -4.45. The molecule has 0 radical (unpaired) electrons. The summed E-state index contributed by atoms with van der Waals surface area (Å²) in [6, 6.07) is 2.42. The zero-order valence-corrected chi connectivity index (χ0v) is 27.1. The number of amides is 6. The molecule has 18 heteroatoms. The van der Waals surface area contributed by atoms with Crippen LogP contribution in [-0.2, 0) is 48.0 Å². The Balaban J connectivity index is 0.000000256. The van der Waals surface area contributed by atoms with Crippen LogP contribution in [0.5, 0.6) is 0 Å². The van der Waals surface area contributed by atoms with Gasteiger partial charge in [-0.25, -0.2) is 19.6 Å². The van der Waals surface area contributed by atoms with Gasteiger partial charge in [-0.1, -0.05) is 18.2 Å². The summed E-state index contributed by atoms with van der Waals surface area (Å²) < 4.78 is 0. The van der Waals surface area contributed by atoms with Gasteiger partial charge in [0.1, 0.15) is 0 Å². The molecule has 2 atom stereocenters. The summed E-state index contributed by atoms with van der Waals surface area (Å²) in [6.45, 7) is 4.70. The second-order valence-corrected chi connectivity index (χ2v) is 11.9. The van der Waals surface area contributed by atoms with Gasteiger partial charge in [0.05, 0.1) is 25.1 Å². The predicted octanol–water partition coefficient (Wildman–Crippen LogP) is 0.0450. The maximum Gasteiger partial charge on any atom is 0.334 e. The van der Waals surface area contributed by atoms with Crippen molar-refractivity contribution >= 4 is 59.1 Å². The van der Waals surface area contributed by atoms with Crippen LogP contribution in [0.3, 0.4) is 0 Å². The Morgan fingerprint density at radius 1 is 0.766 bits per heavy atom. The average molecular weight is 678 g/mol. The van der Waals surface area contributed by atoms with E-state index in [0.29, 0.717) is 33.9 Å². The van der Waals surface area contributed by atoms with E-state index in [-0.39, 0.29) is 69.2 Å². The zero-order valence-electron chi connectivity index (χ0n) is 26.3. The van der Waals surface area contributed by atoms with Crippen LogP contribution in [0.25, 0.3) is 0 Å². The summed E-state index contributed by atoms with van der Waals surface area (Å²) in [5.74, 6) is -3.87. The third-order valence-electron chi connectivity index (χ3n) is 7.28. The number of nitrogens with zero attached hydrogens (tertiary/aromatic N) is 5. The molecule has 0 aromatic carbocycles. The minimum Gasteiger partial charge on any atom is -0.355 e. The second-order valence-electron chi connectivity index (χ2n) is 10.9. The molecular formula is C29H39N7O10S. The van der Waals surface area contributed by atoms with Crippen molar-refractivity contribution in [3.8, 4) is 0 Å². The summed E-state index contributed by atoms with van der Waals surface area (Å²) in [5, 5.41) is 6.68. The number of aromatic nitrogens is 2. The van der Waals surface area contributed by atoms with Gasteiger partial charge in [0.2, 0.25) is 11.8 Å². The lowest BCUT2D eigenvalue weighted by atomic mass is 9.97. The van der Waals surface area contributed by atoms with Crippen LogP contribution in [0.15, 0.2) is 23.6 Å². The molecule has 0 aliphatic carbocycles. The fraction of sp³-hybridized carbons (Fsp3) is 0.586. The van der Waals surface area contributed by atoms with Gasteiger partial charge in [0, 0.05) is 63.3 Å². The van der Waals surface area contributed by atoms with Gasteiger partial charge in [-0.2, -0.15) is 0 Å². The van der Waals surface area contributed by atoms with Crippen LogP contribution in [0.4, 0.5) is 0 Å². The summed E-state index contributed by atoms with van der Waals surface area (Å²) >= 11 is 1.17. The first-order valence-electron chi connectivity index (χ1n) is 15.3. The first-order valence-corrected chi connectivity index (χ1v) is 16.2. The van der Waals surface area contributed by atoms with Gasteiger partial charge >= 0.3 is 11.9 Å². The minimum absolute atomic E-state index is 0.0433. The number of likely N-dealkylation sites (tertiary alicyclic amines) is 1. The number of thioether (sulfide) groups is 1. The monoisotopic (exact) mass is 677 g/mol. The van der Waals surface area contributed by atoms with Crippen molar-refractivity contribution in [1.29, 1.82) is 0 Å². The Morgan fingerprint density at radius 2 is 1.21 bits per heavy atom. The molecule has 3 fully saturated rings. The molecule has 6 amide bonds. The highest BCUT2D eigenvalue weighted by molar-refractivity contribution is 7.99. The quantitative estimate of drug-likeness (QED) is 0.160. The SMILES string of the molecule is CC1CCCC(C)N1CC(=O)NCCC(=O)ON1C(=O)CCC1=O.O=C(CSc1ncccn1)NCCC(=O)ON1C(=O)CCC1=O. The predicted molar refractivity (Wildman–Crippen MR) is 162 cm³/mol. The van der Waals surface area contributed by atoms with E-state index in [4.69, 9.17) is 4.84 Å². The molecule has 1 aromatic rings. The molecule has 2 N–H and O–H groups in total. The van der Waals surface area contributed by atoms with E-state index in [1.165, 1.54) is 18.2 Å². The van der Waals surface area contributed by atoms with Crippen LogP contribution >= 0.6 is 11.8 Å². The second kappa shape index (κ2) is 18.6. The smallest absolute Gasteiger partial charge is 0.334 e. The van der Waals surface area contributed by atoms with Crippen LogP contribution in [-0.4, -0.2) is 110 Å². The van der Waals surface area contributed by atoms with E-state index >= 15 is 0 Å². The fourth-order valence-electron chi connectivity index (χ4n) is 4.77. The number of hydrogen-bond donors (Lipinski definition) is 2. The van der Waals surface area contributed by atoms with E-state index < -0.39 is 35.6 Å². The van der Waals surface area contributed by atoms with E-state index in [1.807, 2.05) is 0 Å². The molecule has 1 aromatic heterocycles. The maximum atomic E-state index is 12.0. The number of imide groups is 2. The first kappa shape index (κ1) is 37.0. The molecule has 256 valence electrons. The highest BCUT2D eigenvalue weighted by atomic mass is 32.2. The zero-order chi connectivity index (χ0) is 34.3. The summed E-state index contributed by atoms with van der Waals surface area (Å²) in [4.78, 5) is 111. The van der Waals surface area contributed by atoms with E-state index in [2.05, 4.69) is 44.2 Å². The Labute approximate surface area is 275 Å². The van der Waals surface area contributed by atoms with Crippen molar-refractivity contribution in [3.05, 3.63) is 18.5 Å². The van der Waals surface area contributed by atoms with Gasteiger partial charge in [-0.15, -0.1) is 10.1 Å². The van der Waals surface area contributed by atoms with Crippen LogP contribution in [0, 0.1) is 0 Å². The number of hydroxylamine groups is 4. The van der Waals surface area contributed by atoms with Gasteiger partial charge < -0.3 is 20.3 Å². The molecule has 3 saturated heterocycles. The van der Waals surface area contributed by atoms with Gasteiger partial charge in [-0.3, -0.25) is 33.7 Å². The molecule has 0 saturated carbocycles. The summed E-state index contributed by atoms with van der Waals surface area (Å²) in [5.41, 5.74) is 0. The van der Waals surface area contributed by atoms with Crippen LogP contribution in [0.1, 0.15) is 71.6 Å². The lowest BCUT2D eigenvalue weighted by molar-refractivity contribution is -0.197. The molecule has 3 aliphatic rings. The summed E-state index contributed by atoms with van der Waals surface area (Å²) in [6.07, 6.45) is 6.48. The molecule has 3 aliphatic heterocycles. The third kappa shape index (κ3) is 12.3. The van der Waals surface area contributed by atoms with Gasteiger partial charge in [0.25, 0.3) is 23.6 Å². The lowest BCUT2D eigenvalue weighted by Crippen LogP contribution is -2.48. The molecule has 4 rings (SSSR count). The molecule has 2 unspecified atom stereocenters. The Bertz CT molecular complexity index is 1290. The lowest BCUT2D eigenvalue weighted by Gasteiger charge is -2.38. The van der Waals surface area contributed by atoms with Crippen molar-refractivity contribution < 1.29 is 48.0 Å². The van der Waals surface area contributed by atoms with Crippen molar-refractivity contribution in [2.24, 2.45) is 0 Å². The number of carbonyl (C=O) groups is 8. The number of hydrogen-bond acceptors (Lipinski definition) is 14. The topological polar surface area (TPSA) is 215 Å². The van der Waals surface area contributed by atoms with E-state index in [1.54, 1.807) is 18.5 Å². The third-order valence-corrected chi connectivity index (χ3v) is 8.15. The summed E-state index contributed by atoms with van der Waals surface area (Å²) in [7, 11) is 0. The van der Waals surface area contributed by atoms with Gasteiger partial charge in [0.15, 0.2) is 5.16 Å². The van der Waals surface area contributed by atoms with E-state index in [0.717, 1.165) is 12.8 Å². The molecule has 17 nitrogen and oxygen atoms in total.